The fourth-order valence-corrected chi connectivity index (χ4v) is 7.12. The minimum Gasteiger partial charge on any atom is -0.497 e. The minimum absolute atomic E-state index is 0.278. The number of rotatable bonds is 4. The molecule has 2 heterocycles. The molecule has 0 radical (unpaired) electrons. The number of carbonyl (C=O) groups excluding carboxylic acids is 3. The quantitative estimate of drug-likeness (QED) is 0.202. The first kappa shape index (κ1) is 25.4. The number of nitrogens with zero attached hydrogens (tertiary/aromatic N) is 1. The maximum atomic E-state index is 14.6. The predicted octanol–water partition coefficient (Wildman–Crippen LogP) is 6.80. The first-order valence-corrected chi connectivity index (χ1v) is 13.6. The van der Waals surface area contributed by atoms with Crippen LogP contribution in [0, 0.1) is 11.2 Å². The predicted molar refractivity (Wildman–Crippen MR) is 155 cm³/mol. The average molecular weight is 564 g/mol. The normalized spacial score (nSPS) is 21.5. The van der Waals surface area contributed by atoms with Gasteiger partial charge >= 0.3 is 0 Å². The van der Waals surface area contributed by atoms with E-state index in [9.17, 15) is 18.8 Å². The van der Waals surface area contributed by atoms with Crippen LogP contribution in [-0.4, -0.2) is 36.5 Å². The Kier molecular flexibility index (Phi) is 5.73. The van der Waals surface area contributed by atoms with Crippen LogP contribution in [-0.2, 0) is 0 Å². The summed E-state index contributed by atoms with van der Waals surface area (Å²) >= 11 is 6.34. The highest BCUT2D eigenvalue weighted by molar-refractivity contribution is 6.32. The van der Waals surface area contributed by atoms with Crippen LogP contribution in [0.5, 0.6) is 5.75 Å². The van der Waals surface area contributed by atoms with Gasteiger partial charge in [-0.25, -0.2) is 4.39 Å². The van der Waals surface area contributed by atoms with Gasteiger partial charge in [0, 0.05) is 33.3 Å². The molecule has 0 amide bonds. The second kappa shape index (κ2) is 9.25. The molecule has 0 aromatic heterocycles. The van der Waals surface area contributed by atoms with Crippen molar-refractivity contribution in [3.63, 3.8) is 0 Å². The molecule has 1 fully saturated rings. The molecular formula is C34H23ClFNO4. The number of anilines is 1. The minimum atomic E-state index is -1.63. The van der Waals surface area contributed by atoms with Crippen molar-refractivity contribution in [2.24, 2.45) is 5.41 Å². The highest BCUT2D eigenvalue weighted by Gasteiger charge is 2.71. The Bertz CT molecular complexity index is 1760. The highest BCUT2D eigenvalue weighted by Crippen LogP contribution is 2.61. The molecular weight excluding hydrogens is 541 g/mol. The van der Waals surface area contributed by atoms with Crippen LogP contribution >= 0.6 is 11.6 Å². The van der Waals surface area contributed by atoms with Crippen LogP contribution in [0.15, 0.2) is 97.1 Å². The van der Waals surface area contributed by atoms with Crippen molar-refractivity contribution < 1.29 is 23.5 Å². The van der Waals surface area contributed by atoms with Crippen molar-refractivity contribution in [3.8, 4) is 5.75 Å². The molecule has 4 aromatic carbocycles. The van der Waals surface area contributed by atoms with Gasteiger partial charge in [0.05, 0.1) is 13.2 Å². The van der Waals surface area contributed by atoms with Crippen molar-refractivity contribution in [2.45, 2.75) is 18.0 Å². The number of hydrogen-bond acceptors (Lipinski definition) is 5. The van der Waals surface area contributed by atoms with E-state index >= 15 is 0 Å². The zero-order valence-electron chi connectivity index (χ0n) is 21.9. The van der Waals surface area contributed by atoms with E-state index in [-0.39, 0.29) is 22.9 Å². The second-order valence-electron chi connectivity index (χ2n) is 10.6. The molecule has 5 nitrogen and oxygen atoms in total. The first-order chi connectivity index (χ1) is 19.9. The van der Waals surface area contributed by atoms with Gasteiger partial charge in [-0.2, -0.15) is 0 Å². The van der Waals surface area contributed by atoms with Crippen molar-refractivity contribution in [2.75, 3.05) is 12.0 Å². The molecule has 0 bridgehead atoms. The number of halogens is 2. The Morgan fingerprint density at radius 3 is 2.29 bits per heavy atom. The second-order valence-corrected chi connectivity index (χ2v) is 11.0. The van der Waals surface area contributed by atoms with Gasteiger partial charge in [0.25, 0.3) is 0 Å². The smallest absolute Gasteiger partial charge is 0.185 e. The fourth-order valence-electron chi connectivity index (χ4n) is 6.94. The summed E-state index contributed by atoms with van der Waals surface area (Å²) in [6.45, 7) is 0. The van der Waals surface area contributed by atoms with Gasteiger partial charge in [-0.1, -0.05) is 60.2 Å². The van der Waals surface area contributed by atoms with Crippen LogP contribution in [0.2, 0.25) is 5.02 Å². The number of benzene rings is 4. The molecule has 0 saturated carbocycles. The van der Waals surface area contributed by atoms with Crippen molar-refractivity contribution in [1.29, 1.82) is 0 Å². The zero-order chi connectivity index (χ0) is 28.5. The van der Waals surface area contributed by atoms with E-state index in [2.05, 4.69) is 0 Å². The van der Waals surface area contributed by atoms with Crippen molar-refractivity contribution >= 4 is 40.7 Å². The molecule has 7 heteroatoms. The standard InChI is InChI=1S/C34H23ClFNO4/c1-41-24-6-4-5-21(18-24)29-30(31(38)19-9-13-23(36)14-10-19)37-27-15-12-22(35)17-20(27)11-16-28(37)34(29)32(39)25-7-2-3-8-26(25)33(34)40/h2-18,28-30H,1H3/t28-,29-,30-/m1/s1. The molecule has 1 aliphatic carbocycles. The largest absolute Gasteiger partial charge is 0.497 e. The van der Waals surface area contributed by atoms with Crippen molar-refractivity contribution in [1.82, 2.24) is 0 Å². The maximum absolute atomic E-state index is 14.6. The van der Waals surface area contributed by atoms with Gasteiger partial charge in [0.2, 0.25) is 0 Å². The van der Waals surface area contributed by atoms with Crippen LogP contribution in [0.1, 0.15) is 48.1 Å². The highest BCUT2D eigenvalue weighted by atomic mass is 35.5. The van der Waals surface area contributed by atoms with Gasteiger partial charge in [-0.05, 0) is 65.7 Å². The van der Waals surface area contributed by atoms with Gasteiger partial charge in [0.1, 0.15) is 23.0 Å². The Labute approximate surface area is 240 Å². The lowest BCUT2D eigenvalue weighted by Crippen LogP contribution is -2.48. The third kappa shape index (κ3) is 3.50. The van der Waals surface area contributed by atoms with Crippen molar-refractivity contribution in [3.05, 3.63) is 136 Å². The SMILES string of the molecule is COc1cccc([C@@H]2[C@H](C(=O)c3ccc(F)cc3)N3c4ccc(Cl)cc4C=C[C@@H]3C23C(=O)c2ccccc2C3=O)c1. The Hall–Kier alpha value is -4.55. The lowest BCUT2D eigenvalue weighted by atomic mass is 9.64. The molecule has 202 valence electrons. The van der Waals surface area contributed by atoms with Crippen LogP contribution in [0.3, 0.4) is 0 Å². The lowest BCUT2D eigenvalue weighted by Gasteiger charge is -2.37. The van der Waals surface area contributed by atoms with Gasteiger partial charge in [0.15, 0.2) is 17.3 Å². The number of hydrogen-bond donors (Lipinski definition) is 0. The molecule has 3 aliphatic rings. The molecule has 4 aromatic rings. The topological polar surface area (TPSA) is 63.7 Å². The molecule has 7 rings (SSSR count). The summed E-state index contributed by atoms with van der Waals surface area (Å²) in [6.07, 6.45) is 3.70. The molecule has 3 atom stereocenters. The van der Waals surface area contributed by atoms with Crippen LogP contribution in [0.4, 0.5) is 10.1 Å². The Balaban J connectivity index is 1.55. The molecule has 1 saturated heterocycles. The number of fused-ring (bicyclic) bond motifs is 5. The number of ether oxygens (including phenoxy) is 1. The molecule has 2 aliphatic heterocycles. The van der Waals surface area contributed by atoms with E-state index in [0.29, 0.717) is 33.1 Å². The summed E-state index contributed by atoms with van der Waals surface area (Å²) in [5.41, 5.74) is 1.40. The van der Waals surface area contributed by atoms with Gasteiger partial charge < -0.3 is 9.64 Å². The number of Topliss-reactive ketones (excluding diaryl/α,β-unsaturated/α-hetero) is 3. The summed E-state index contributed by atoms with van der Waals surface area (Å²) in [6, 6.07) is 23.0. The third-order valence-corrected chi connectivity index (χ3v) is 8.85. The van der Waals surface area contributed by atoms with E-state index < -0.39 is 29.2 Å². The molecule has 1 spiro atoms. The van der Waals surface area contributed by atoms with Crippen LogP contribution < -0.4 is 9.64 Å². The van der Waals surface area contributed by atoms with Crippen LogP contribution in [0.25, 0.3) is 6.08 Å². The average Bonchev–Trinajstić information content (AvgIpc) is 3.43. The summed E-state index contributed by atoms with van der Waals surface area (Å²) in [7, 11) is 1.54. The summed E-state index contributed by atoms with van der Waals surface area (Å²) in [5, 5.41) is 0.520. The number of methoxy groups -OCH3 is 1. The third-order valence-electron chi connectivity index (χ3n) is 8.62. The van der Waals surface area contributed by atoms with Gasteiger partial charge in [-0.3, -0.25) is 14.4 Å². The maximum Gasteiger partial charge on any atom is 0.185 e. The van der Waals surface area contributed by atoms with E-state index in [1.807, 2.05) is 29.2 Å². The number of carbonyl (C=O) groups is 3. The Morgan fingerprint density at radius 2 is 1.61 bits per heavy atom. The summed E-state index contributed by atoms with van der Waals surface area (Å²) < 4.78 is 19.4. The summed E-state index contributed by atoms with van der Waals surface area (Å²) in [4.78, 5) is 45.8. The zero-order valence-corrected chi connectivity index (χ0v) is 22.6. The lowest BCUT2D eigenvalue weighted by molar-refractivity contribution is 0.0665. The Morgan fingerprint density at radius 1 is 0.902 bits per heavy atom. The molecule has 0 unspecified atom stereocenters. The first-order valence-electron chi connectivity index (χ1n) is 13.2. The fraction of sp³-hybridized carbons (Fsp3) is 0.147. The van der Waals surface area contributed by atoms with Gasteiger partial charge in [-0.15, -0.1) is 0 Å². The van der Waals surface area contributed by atoms with E-state index in [0.717, 1.165) is 5.56 Å². The van der Waals surface area contributed by atoms with E-state index in [1.165, 1.54) is 24.3 Å². The molecule has 41 heavy (non-hydrogen) atoms. The monoisotopic (exact) mass is 563 g/mol. The summed E-state index contributed by atoms with van der Waals surface area (Å²) in [5.74, 6) is -1.79. The van der Waals surface area contributed by atoms with E-state index in [1.54, 1.807) is 61.7 Å². The van der Waals surface area contributed by atoms with E-state index in [4.69, 9.17) is 16.3 Å². The number of ketones is 3. The molecule has 0 N–H and O–H groups in total.